The standard InChI is InChI=1S/C20H25N3O2.ClH/c1-15(2)25-19-8-4-3-6-16(19)12-20(24)23-11-10-22-14-18(23)17-7-5-9-21-13-17;/h3-9,13,15,18,22H,10-12,14H2,1-2H3;1H. The van der Waals surface area contributed by atoms with Crippen LogP contribution in [0.3, 0.4) is 0 Å². The highest BCUT2D eigenvalue weighted by Crippen LogP contribution is 2.25. The highest BCUT2D eigenvalue weighted by Gasteiger charge is 2.28. The summed E-state index contributed by atoms with van der Waals surface area (Å²) >= 11 is 0. The van der Waals surface area contributed by atoms with E-state index in [2.05, 4.69) is 10.3 Å². The molecule has 6 heteroatoms. The van der Waals surface area contributed by atoms with Crippen molar-refractivity contribution in [1.82, 2.24) is 15.2 Å². The van der Waals surface area contributed by atoms with Crippen molar-refractivity contribution in [3.63, 3.8) is 0 Å². The number of nitrogens with zero attached hydrogens (tertiary/aromatic N) is 2. The molecule has 1 aromatic carbocycles. The van der Waals surface area contributed by atoms with Crippen LogP contribution < -0.4 is 10.1 Å². The third-order valence-corrected chi connectivity index (χ3v) is 4.31. The van der Waals surface area contributed by atoms with E-state index in [9.17, 15) is 4.79 Å². The number of pyridine rings is 1. The Hall–Kier alpha value is -2.11. The minimum atomic E-state index is 0. The third-order valence-electron chi connectivity index (χ3n) is 4.31. The highest BCUT2D eigenvalue weighted by molar-refractivity contribution is 5.85. The zero-order valence-electron chi connectivity index (χ0n) is 15.2. The molecule has 26 heavy (non-hydrogen) atoms. The van der Waals surface area contributed by atoms with Gasteiger partial charge in [-0.1, -0.05) is 24.3 Å². The van der Waals surface area contributed by atoms with Crippen molar-refractivity contribution in [3.05, 3.63) is 59.9 Å². The maximum atomic E-state index is 13.0. The van der Waals surface area contributed by atoms with Crippen LogP contribution in [0, 0.1) is 0 Å². The fourth-order valence-corrected chi connectivity index (χ4v) is 3.16. The van der Waals surface area contributed by atoms with Crippen LogP contribution in [-0.4, -0.2) is 41.5 Å². The molecular formula is C20H26ClN3O2. The average molecular weight is 376 g/mol. The molecule has 2 aromatic rings. The summed E-state index contributed by atoms with van der Waals surface area (Å²) in [4.78, 5) is 19.2. The smallest absolute Gasteiger partial charge is 0.227 e. The van der Waals surface area contributed by atoms with Gasteiger partial charge < -0.3 is 15.0 Å². The summed E-state index contributed by atoms with van der Waals surface area (Å²) in [6.07, 6.45) is 4.03. The molecule has 0 saturated carbocycles. The molecule has 1 amide bonds. The van der Waals surface area contributed by atoms with Gasteiger partial charge in [-0.2, -0.15) is 0 Å². The summed E-state index contributed by atoms with van der Waals surface area (Å²) in [5.41, 5.74) is 2.00. The molecule has 1 aliphatic heterocycles. The SMILES string of the molecule is CC(C)Oc1ccccc1CC(=O)N1CCNCC1c1cccnc1.Cl. The van der Waals surface area contributed by atoms with E-state index in [4.69, 9.17) is 4.74 Å². The maximum absolute atomic E-state index is 13.0. The predicted molar refractivity (Wildman–Crippen MR) is 105 cm³/mol. The number of carbonyl (C=O) groups is 1. The lowest BCUT2D eigenvalue weighted by Crippen LogP contribution is -2.49. The Balaban J connectivity index is 0.00000243. The molecule has 1 saturated heterocycles. The van der Waals surface area contributed by atoms with Gasteiger partial charge in [0, 0.05) is 37.6 Å². The van der Waals surface area contributed by atoms with Crippen molar-refractivity contribution >= 4 is 18.3 Å². The number of amides is 1. The van der Waals surface area contributed by atoms with Gasteiger partial charge in [0.25, 0.3) is 0 Å². The minimum Gasteiger partial charge on any atom is -0.491 e. The molecule has 0 radical (unpaired) electrons. The highest BCUT2D eigenvalue weighted by atomic mass is 35.5. The summed E-state index contributed by atoms with van der Waals surface area (Å²) in [5.74, 6) is 0.911. The van der Waals surface area contributed by atoms with Crippen molar-refractivity contribution in [1.29, 1.82) is 0 Å². The monoisotopic (exact) mass is 375 g/mol. The van der Waals surface area contributed by atoms with Gasteiger partial charge >= 0.3 is 0 Å². The number of halogens is 1. The lowest BCUT2D eigenvalue weighted by atomic mass is 10.0. The summed E-state index contributed by atoms with van der Waals surface area (Å²) in [5, 5.41) is 3.37. The Bertz CT molecular complexity index is 709. The van der Waals surface area contributed by atoms with Crippen molar-refractivity contribution in [2.24, 2.45) is 0 Å². The van der Waals surface area contributed by atoms with Gasteiger partial charge in [0.1, 0.15) is 5.75 Å². The number of rotatable bonds is 5. The van der Waals surface area contributed by atoms with Gasteiger partial charge in [0.15, 0.2) is 0 Å². The molecule has 5 nitrogen and oxygen atoms in total. The molecule has 1 atom stereocenters. The zero-order valence-corrected chi connectivity index (χ0v) is 16.0. The van der Waals surface area contributed by atoms with Crippen LogP contribution in [0.1, 0.15) is 31.0 Å². The van der Waals surface area contributed by atoms with E-state index in [1.807, 2.05) is 61.3 Å². The van der Waals surface area contributed by atoms with Gasteiger partial charge in [0.05, 0.1) is 18.6 Å². The number of piperazine rings is 1. The fraction of sp³-hybridized carbons (Fsp3) is 0.400. The first-order chi connectivity index (χ1) is 12.1. The van der Waals surface area contributed by atoms with Crippen molar-refractivity contribution in [2.45, 2.75) is 32.4 Å². The van der Waals surface area contributed by atoms with Crippen LogP contribution >= 0.6 is 12.4 Å². The number of hydrogen-bond donors (Lipinski definition) is 1. The van der Waals surface area contributed by atoms with Crippen LogP contribution in [0.4, 0.5) is 0 Å². The largest absolute Gasteiger partial charge is 0.491 e. The zero-order chi connectivity index (χ0) is 17.6. The molecule has 0 aliphatic carbocycles. The molecular weight excluding hydrogens is 350 g/mol. The van der Waals surface area contributed by atoms with E-state index in [0.29, 0.717) is 13.0 Å². The number of carbonyl (C=O) groups excluding carboxylic acids is 1. The molecule has 1 unspecified atom stereocenters. The van der Waals surface area contributed by atoms with Gasteiger partial charge in [-0.3, -0.25) is 9.78 Å². The van der Waals surface area contributed by atoms with Crippen LogP contribution in [0.15, 0.2) is 48.8 Å². The quantitative estimate of drug-likeness (QED) is 0.872. The number of aromatic nitrogens is 1. The predicted octanol–water partition coefficient (Wildman–Crippen LogP) is 3.01. The summed E-state index contributed by atoms with van der Waals surface area (Å²) in [6.45, 7) is 6.25. The maximum Gasteiger partial charge on any atom is 0.227 e. The molecule has 1 fully saturated rings. The lowest BCUT2D eigenvalue weighted by molar-refractivity contribution is -0.133. The molecule has 1 aliphatic rings. The Morgan fingerprint density at radius 3 is 2.85 bits per heavy atom. The number of para-hydroxylation sites is 1. The van der Waals surface area contributed by atoms with Crippen LogP contribution in [0.25, 0.3) is 0 Å². The van der Waals surface area contributed by atoms with E-state index in [-0.39, 0.29) is 30.5 Å². The summed E-state index contributed by atoms with van der Waals surface area (Å²) < 4.78 is 5.85. The first kappa shape index (κ1) is 20.2. The van der Waals surface area contributed by atoms with Gasteiger partial charge in [-0.25, -0.2) is 0 Å². The lowest BCUT2D eigenvalue weighted by Gasteiger charge is -2.36. The Kier molecular flexibility index (Phi) is 7.42. The normalized spacial score (nSPS) is 16.9. The topological polar surface area (TPSA) is 54.5 Å². The van der Waals surface area contributed by atoms with Crippen molar-refractivity contribution in [2.75, 3.05) is 19.6 Å². The number of ether oxygens (including phenoxy) is 1. The molecule has 0 bridgehead atoms. The molecule has 140 valence electrons. The van der Waals surface area contributed by atoms with E-state index in [1.54, 1.807) is 6.20 Å². The second-order valence-corrected chi connectivity index (χ2v) is 6.54. The molecule has 0 spiro atoms. The Labute approximate surface area is 161 Å². The second kappa shape index (κ2) is 9.55. The first-order valence-electron chi connectivity index (χ1n) is 8.80. The number of benzene rings is 1. The van der Waals surface area contributed by atoms with E-state index in [0.717, 1.165) is 30.0 Å². The van der Waals surface area contributed by atoms with E-state index < -0.39 is 0 Å². The van der Waals surface area contributed by atoms with E-state index in [1.165, 1.54) is 0 Å². The van der Waals surface area contributed by atoms with Gasteiger partial charge in [0.2, 0.25) is 5.91 Å². The second-order valence-electron chi connectivity index (χ2n) is 6.54. The van der Waals surface area contributed by atoms with E-state index >= 15 is 0 Å². The summed E-state index contributed by atoms with van der Waals surface area (Å²) in [6, 6.07) is 11.8. The van der Waals surface area contributed by atoms with Crippen LogP contribution in [0.2, 0.25) is 0 Å². The molecule has 1 aromatic heterocycles. The number of nitrogens with one attached hydrogen (secondary N) is 1. The fourth-order valence-electron chi connectivity index (χ4n) is 3.16. The first-order valence-corrected chi connectivity index (χ1v) is 8.80. The molecule has 1 N–H and O–H groups in total. The van der Waals surface area contributed by atoms with Crippen molar-refractivity contribution < 1.29 is 9.53 Å². The summed E-state index contributed by atoms with van der Waals surface area (Å²) in [7, 11) is 0. The molecule has 2 heterocycles. The minimum absolute atomic E-state index is 0. The van der Waals surface area contributed by atoms with Crippen molar-refractivity contribution in [3.8, 4) is 5.75 Å². The van der Waals surface area contributed by atoms with Gasteiger partial charge in [-0.15, -0.1) is 12.4 Å². The van der Waals surface area contributed by atoms with Crippen LogP contribution in [-0.2, 0) is 11.2 Å². The third kappa shape index (κ3) is 4.96. The average Bonchev–Trinajstić information content (AvgIpc) is 2.63. The van der Waals surface area contributed by atoms with Crippen LogP contribution in [0.5, 0.6) is 5.75 Å². The van der Waals surface area contributed by atoms with Gasteiger partial charge in [-0.05, 0) is 31.5 Å². The Morgan fingerprint density at radius 1 is 1.31 bits per heavy atom. The number of hydrogen-bond acceptors (Lipinski definition) is 4. The molecule has 3 rings (SSSR count). The Morgan fingerprint density at radius 2 is 2.12 bits per heavy atom.